The number of hydrogen-bond donors (Lipinski definition) is 2. The molecule has 2 aromatic heterocycles. The van der Waals surface area contributed by atoms with Crippen molar-refractivity contribution in [3.63, 3.8) is 0 Å². The summed E-state index contributed by atoms with van der Waals surface area (Å²) < 4.78 is 4.40. The summed E-state index contributed by atoms with van der Waals surface area (Å²) in [6.45, 7) is 5.15. The number of aryl methyl sites for hydroxylation is 2. The quantitative estimate of drug-likeness (QED) is 0.870. The van der Waals surface area contributed by atoms with Crippen molar-refractivity contribution in [1.82, 2.24) is 19.6 Å². The van der Waals surface area contributed by atoms with Crippen molar-refractivity contribution in [2.24, 2.45) is 5.73 Å². The van der Waals surface area contributed by atoms with E-state index in [1.54, 1.807) is 10.9 Å². The molecule has 7 nitrogen and oxygen atoms in total. The van der Waals surface area contributed by atoms with Crippen LogP contribution in [0.3, 0.4) is 0 Å². The summed E-state index contributed by atoms with van der Waals surface area (Å²) in [5.41, 5.74) is 13.1. The van der Waals surface area contributed by atoms with Gasteiger partial charge in [-0.3, -0.25) is 14.2 Å². The van der Waals surface area contributed by atoms with Crippen LogP contribution in [0.2, 0.25) is 0 Å². The van der Waals surface area contributed by atoms with Crippen molar-refractivity contribution in [3.8, 4) is 0 Å². The fourth-order valence-electron chi connectivity index (χ4n) is 1.88. The van der Waals surface area contributed by atoms with Crippen LogP contribution < -0.4 is 11.5 Å². The highest BCUT2D eigenvalue weighted by Crippen LogP contribution is 2.22. The highest BCUT2D eigenvalue weighted by molar-refractivity contribution is 9.10. The minimum absolute atomic E-state index is 0.0930. The monoisotopic (exact) mass is 326 g/mol. The van der Waals surface area contributed by atoms with Crippen molar-refractivity contribution in [2.45, 2.75) is 26.9 Å². The van der Waals surface area contributed by atoms with Crippen LogP contribution in [0.1, 0.15) is 28.8 Å². The smallest absolute Gasteiger partial charge is 0.271 e. The largest absolute Gasteiger partial charge is 0.396 e. The molecule has 2 aromatic rings. The van der Waals surface area contributed by atoms with E-state index in [2.05, 4.69) is 26.1 Å². The van der Waals surface area contributed by atoms with Crippen molar-refractivity contribution in [1.29, 1.82) is 0 Å². The minimum Gasteiger partial charge on any atom is -0.396 e. The number of hydrogen-bond acceptors (Lipinski definition) is 4. The molecule has 0 aliphatic carbocycles. The number of nitrogens with two attached hydrogens (primary N) is 2. The first-order chi connectivity index (χ1) is 8.93. The Morgan fingerprint density at radius 3 is 2.68 bits per heavy atom. The zero-order valence-corrected chi connectivity index (χ0v) is 12.3. The molecule has 4 N–H and O–H groups in total. The highest BCUT2D eigenvalue weighted by Gasteiger charge is 2.16. The number of carbonyl (C=O) groups excluding carboxylic acids is 1. The van der Waals surface area contributed by atoms with Gasteiger partial charge in [0.1, 0.15) is 0 Å². The van der Waals surface area contributed by atoms with Crippen LogP contribution in [-0.2, 0) is 13.1 Å². The topological polar surface area (TPSA) is 105 Å². The first-order valence-electron chi connectivity index (χ1n) is 5.78. The fourth-order valence-corrected chi connectivity index (χ4v) is 2.29. The lowest BCUT2D eigenvalue weighted by molar-refractivity contribution is 0.0995. The van der Waals surface area contributed by atoms with Gasteiger partial charge in [0.2, 0.25) is 0 Å². The molecule has 1 amide bonds. The zero-order chi connectivity index (χ0) is 14.2. The zero-order valence-electron chi connectivity index (χ0n) is 10.7. The maximum absolute atomic E-state index is 11.1. The van der Waals surface area contributed by atoms with Gasteiger partial charge in [0.25, 0.3) is 5.91 Å². The lowest BCUT2D eigenvalue weighted by Gasteiger charge is -2.05. The summed E-state index contributed by atoms with van der Waals surface area (Å²) in [6, 6.07) is 0. The van der Waals surface area contributed by atoms with Gasteiger partial charge in [-0.25, -0.2) is 0 Å². The van der Waals surface area contributed by atoms with Gasteiger partial charge < -0.3 is 11.5 Å². The van der Waals surface area contributed by atoms with Crippen LogP contribution in [0.25, 0.3) is 0 Å². The summed E-state index contributed by atoms with van der Waals surface area (Å²) in [5.74, 6) is -0.629. The molecule has 0 fully saturated rings. The second-order valence-electron chi connectivity index (χ2n) is 4.16. The molecule has 8 heteroatoms. The van der Waals surface area contributed by atoms with E-state index in [9.17, 15) is 4.79 Å². The summed E-state index contributed by atoms with van der Waals surface area (Å²) in [7, 11) is 0. The van der Waals surface area contributed by atoms with Crippen LogP contribution in [0.5, 0.6) is 0 Å². The predicted molar refractivity (Wildman–Crippen MR) is 74.6 cm³/mol. The number of rotatable bonds is 4. The van der Waals surface area contributed by atoms with Crippen molar-refractivity contribution >= 4 is 27.5 Å². The van der Waals surface area contributed by atoms with Crippen LogP contribution >= 0.6 is 15.9 Å². The molecule has 0 spiro atoms. The second kappa shape index (κ2) is 5.04. The molecule has 0 radical (unpaired) electrons. The molecule has 102 valence electrons. The Bertz CT molecular complexity index is 629. The predicted octanol–water partition coefficient (Wildman–Crippen LogP) is 0.900. The van der Waals surface area contributed by atoms with Gasteiger partial charge in [-0.05, 0) is 29.8 Å². The number of amides is 1. The molecule has 2 rings (SSSR count). The van der Waals surface area contributed by atoms with E-state index in [1.807, 2.05) is 18.5 Å². The van der Waals surface area contributed by atoms with Crippen molar-refractivity contribution in [3.05, 3.63) is 27.8 Å². The Labute approximate surface area is 118 Å². The number of carbonyl (C=O) groups is 1. The highest BCUT2D eigenvalue weighted by atomic mass is 79.9. The maximum Gasteiger partial charge on any atom is 0.271 e. The number of anilines is 1. The van der Waals surface area contributed by atoms with E-state index in [-0.39, 0.29) is 11.4 Å². The summed E-state index contributed by atoms with van der Waals surface area (Å²) >= 11 is 3.51. The molecule has 0 aliphatic rings. The molecule has 0 atom stereocenters. The molecule has 0 saturated heterocycles. The van der Waals surface area contributed by atoms with Crippen molar-refractivity contribution in [2.75, 3.05) is 5.73 Å². The Morgan fingerprint density at radius 2 is 2.16 bits per heavy atom. The van der Waals surface area contributed by atoms with Crippen LogP contribution in [0, 0.1) is 6.92 Å². The van der Waals surface area contributed by atoms with E-state index in [0.29, 0.717) is 6.54 Å². The molecule has 2 heterocycles. The Balaban J connectivity index is 2.36. The third-order valence-electron chi connectivity index (χ3n) is 2.79. The summed E-state index contributed by atoms with van der Waals surface area (Å²) in [6.07, 6.45) is 1.59. The minimum atomic E-state index is -0.629. The number of nitrogen functional groups attached to an aromatic ring is 1. The van der Waals surface area contributed by atoms with Crippen molar-refractivity contribution < 1.29 is 4.79 Å². The Hall–Kier alpha value is -1.83. The third-order valence-corrected chi connectivity index (χ3v) is 3.82. The normalized spacial score (nSPS) is 10.9. The molecular formula is C11H15BrN6O. The second-order valence-corrected chi connectivity index (χ2v) is 4.95. The molecular weight excluding hydrogens is 312 g/mol. The van der Waals surface area contributed by atoms with Gasteiger partial charge in [-0.15, -0.1) is 0 Å². The van der Waals surface area contributed by atoms with E-state index >= 15 is 0 Å². The Kier molecular flexibility index (Phi) is 3.61. The van der Waals surface area contributed by atoms with E-state index in [4.69, 9.17) is 11.5 Å². The molecule has 0 aliphatic heterocycles. The lowest BCUT2D eigenvalue weighted by Crippen LogP contribution is -2.15. The average molecular weight is 327 g/mol. The number of halogens is 1. The molecule has 0 bridgehead atoms. The van der Waals surface area contributed by atoms with Gasteiger partial charge in [0.05, 0.1) is 28.1 Å². The van der Waals surface area contributed by atoms with Crippen LogP contribution in [0.15, 0.2) is 10.7 Å². The summed E-state index contributed by atoms with van der Waals surface area (Å²) in [4.78, 5) is 11.1. The van der Waals surface area contributed by atoms with Crippen LogP contribution in [-0.4, -0.2) is 25.5 Å². The van der Waals surface area contributed by atoms with Gasteiger partial charge in [0, 0.05) is 12.7 Å². The van der Waals surface area contributed by atoms with E-state index in [0.717, 1.165) is 22.4 Å². The van der Waals surface area contributed by atoms with E-state index in [1.165, 1.54) is 0 Å². The van der Waals surface area contributed by atoms with Gasteiger partial charge in [-0.1, -0.05) is 0 Å². The molecule has 19 heavy (non-hydrogen) atoms. The SMILES string of the molecule is CCn1nc(C)c(Br)c1Cn1cc(N)c(C(N)=O)n1. The fraction of sp³-hybridized carbons (Fsp3) is 0.364. The summed E-state index contributed by atoms with van der Waals surface area (Å²) in [5, 5.41) is 8.48. The first-order valence-corrected chi connectivity index (χ1v) is 6.57. The Morgan fingerprint density at radius 1 is 1.47 bits per heavy atom. The van der Waals surface area contributed by atoms with Gasteiger partial charge in [0.15, 0.2) is 5.69 Å². The van der Waals surface area contributed by atoms with Gasteiger partial charge >= 0.3 is 0 Å². The standard InChI is InChI=1S/C11H15BrN6O/c1-3-18-8(9(12)6(2)15-18)5-17-4-7(13)10(16-17)11(14)19/h4H,3,5,13H2,1-2H3,(H2,14,19). The first kappa shape index (κ1) is 13.6. The molecule has 0 aromatic carbocycles. The van der Waals surface area contributed by atoms with Gasteiger partial charge in [-0.2, -0.15) is 10.2 Å². The molecule has 0 saturated carbocycles. The van der Waals surface area contributed by atoms with Crippen LogP contribution in [0.4, 0.5) is 5.69 Å². The third kappa shape index (κ3) is 2.48. The molecule has 0 unspecified atom stereocenters. The number of aromatic nitrogens is 4. The number of primary amides is 1. The van der Waals surface area contributed by atoms with E-state index < -0.39 is 5.91 Å². The number of nitrogens with zero attached hydrogens (tertiary/aromatic N) is 4. The average Bonchev–Trinajstić information content (AvgIpc) is 2.84. The maximum atomic E-state index is 11.1. The lowest BCUT2D eigenvalue weighted by atomic mass is 10.3.